The first-order chi connectivity index (χ1) is 7.45. The quantitative estimate of drug-likeness (QED) is 0.690. The van der Waals surface area contributed by atoms with Crippen molar-refractivity contribution in [2.24, 2.45) is 4.99 Å². The minimum absolute atomic E-state index is 0.919. The van der Waals surface area contributed by atoms with E-state index in [1.165, 1.54) is 16.7 Å². The third kappa shape index (κ3) is 1.51. The molecule has 0 saturated carbocycles. The number of nitrogens with zero attached hydrogens (tertiary/aromatic N) is 1. The van der Waals surface area contributed by atoms with Crippen molar-refractivity contribution in [2.75, 3.05) is 6.54 Å². The molecular weight excluding hydrogens is 202 g/mol. The first-order valence-corrected chi connectivity index (χ1v) is 6.05. The molecule has 0 bridgehead atoms. The summed E-state index contributed by atoms with van der Waals surface area (Å²) >= 11 is 1.73. The highest BCUT2D eigenvalue weighted by Crippen LogP contribution is 2.21. The van der Waals surface area contributed by atoms with Crippen LogP contribution < -0.4 is 0 Å². The molecule has 1 aromatic heterocycles. The van der Waals surface area contributed by atoms with Crippen molar-refractivity contribution in [3.8, 4) is 0 Å². The van der Waals surface area contributed by atoms with Crippen molar-refractivity contribution < 1.29 is 0 Å². The molecule has 0 amide bonds. The standard InChI is InChI=1S/C13H11NS/c1-2-4-12-10(3-1)5-7-14-13(12)11-6-8-15-9-11/h1-4,6,8-9H,5,7H2. The highest BCUT2D eigenvalue weighted by Gasteiger charge is 2.14. The van der Waals surface area contributed by atoms with E-state index in [2.05, 4.69) is 46.1 Å². The molecule has 2 heterocycles. The van der Waals surface area contributed by atoms with Crippen LogP contribution in [0.2, 0.25) is 0 Å². The minimum Gasteiger partial charge on any atom is -0.284 e. The highest BCUT2D eigenvalue weighted by atomic mass is 32.1. The van der Waals surface area contributed by atoms with Gasteiger partial charge in [0.05, 0.1) is 5.71 Å². The van der Waals surface area contributed by atoms with Crippen LogP contribution in [0.25, 0.3) is 0 Å². The zero-order valence-electron chi connectivity index (χ0n) is 8.31. The van der Waals surface area contributed by atoms with E-state index >= 15 is 0 Å². The molecular formula is C13H11NS. The molecule has 1 aliphatic rings. The molecule has 0 radical (unpaired) electrons. The average Bonchev–Trinajstić information content (AvgIpc) is 2.82. The van der Waals surface area contributed by atoms with Gasteiger partial charge in [0.2, 0.25) is 0 Å². The number of rotatable bonds is 1. The molecule has 0 atom stereocenters. The van der Waals surface area contributed by atoms with Gasteiger partial charge in [0, 0.05) is 23.1 Å². The molecule has 0 aliphatic carbocycles. The summed E-state index contributed by atoms with van der Waals surface area (Å²) in [6, 6.07) is 10.7. The number of benzene rings is 1. The summed E-state index contributed by atoms with van der Waals surface area (Å²) in [4.78, 5) is 4.64. The first-order valence-electron chi connectivity index (χ1n) is 5.10. The van der Waals surface area contributed by atoms with Gasteiger partial charge in [-0.15, -0.1) is 0 Å². The normalized spacial score (nSPS) is 14.5. The van der Waals surface area contributed by atoms with E-state index in [1.54, 1.807) is 11.3 Å². The van der Waals surface area contributed by atoms with E-state index < -0.39 is 0 Å². The van der Waals surface area contributed by atoms with Gasteiger partial charge in [0.25, 0.3) is 0 Å². The minimum atomic E-state index is 0.919. The Morgan fingerprint density at radius 1 is 1.13 bits per heavy atom. The van der Waals surface area contributed by atoms with Crippen LogP contribution in [0.15, 0.2) is 46.1 Å². The van der Waals surface area contributed by atoms with Crippen molar-refractivity contribution in [2.45, 2.75) is 6.42 Å². The Balaban J connectivity index is 2.15. The van der Waals surface area contributed by atoms with Gasteiger partial charge < -0.3 is 0 Å². The van der Waals surface area contributed by atoms with Crippen LogP contribution in [0.3, 0.4) is 0 Å². The number of hydrogen-bond donors (Lipinski definition) is 0. The lowest BCUT2D eigenvalue weighted by Crippen LogP contribution is -2.13. The van der Waals surface area contributed by atoms with Crippen LogP contribution in [-0.2, 0) is 6.42 Å². The van der Waals surface area contributed by atoms with Gasteiger partial charge in [0.15, 0.2) is 0 Å². The number of aliphatic imine (C=N–C) groups is 1. The SMILES string of the molecule is c1ccc2c(c1)CCN=C2c1ccsc1. The molecule has 1 nitrogen and oxygen atoms in total. The lowest BCUT2D eigenvalue weighted by molar-refractivity contribution is 0.944. The Hall–Kier alpha value is -1.41. The van der Waals surface area contributed by atoms with E-state index in [0.29, 0.717) is 0 Å². The molecule has 2 heteroatoms. The van der Waals surface area contributed by atoms with E-state index in [1.807, 2.05) is 0 Å². The topological polar surface area (TPSA) is 12.4 Å². The summed E-state index contributed by atoms with van der Waals surface area (Å²) in [5.41, 5.74) is 5.15. The predicted octanol–water partition coefficient (Wildman–Crippen LogP) is 3.14. The fourth-order valence-electron chi connectivity index (χ4n) is 1.99. The average molecular weight is 213 g/mol. The number of hydrogen-bond acceptors (Lipinski definition) is 2. The summed E-state index contributed by atoms with van der Waals surface area (Å²) in [5, 5.41) is 4.27. The molecule has 0 N–H and O–H groups in total. The molecule has 0 unspecified atom stereocenters. The van der Waals surface area contributed by atoms with Crippen LogP contribution in [-0.4, -0.2) is 12.3 Å². The second-order valence-electron chi connectivity index (χ2n) is 3.65. The van der Waals surface area contributed by atoms with Crippen LogP contribution in [0.5, 0.6) is 0 Å². The van der Waals surface area contributed by atoms with Gasteiger partial charge in [0.1, 0.15) is 0 Å². The summed E-state index contributed by atoms with van der Waals surface area (Å²) in [5.74, 6) is 0. The van der Waals surface area contributed by atoms with Crippen LogP contribution in [0.1, 0.15) is 16.7 Å². The monoisotopic (exact) mass is 213 g/mol. The van der Waals surface area contributed by atoms with Crippen molar-refractivity contribution in [3.63, 3.8) is 0 Å². The van der Waals surface area contributed by atoms with Crippen LogP contribution >= 0.6 is 11.3 Å². The molecule has 1 aliphatic heterocycles. The fourth-order valence-corrected chi connectivity index (χ4v) is 2.63. The second kappa shape index (κ2) is 3.63. The van der Waals surface area contributed by atoms with Crippen molar-refractivity contribution >= 4 is 17.0 Å². The summed E-state index contributed by atoms with van der Waals surface area (Å²) in [6.07, 6.45) is 1.07. The lowest BCUT2D eigenvalue weighted by Gasteiger charge is -2.15. The number of thiophene rings is 1. The first kappa shape index (κ1) is 8.86. The van der Waals surface area contributed by atoms with E-state index in [9.17, 15) is 0 Å². The van der Waals surface area contributed by atoms with Crippen LogP contribution in [0, 0.1) is 0 Å². The third-order valence-electron chi connectivity index (χ3n) is 2.72. The Bertz CT molecular complexity index is 497. The Morgan fingerprint density at radius 3 is 2.93 bits per heavy atom. The van der Waals surface area contributed by atoms with Gasteiger partial charge in [-0.2, -0.15) is 11.3 Å². The van der Waals surface area contributed by atoms with Crippen LogP contribution in [0.4, 0.5) is 0 Å². The molecule has 1 aromatic carbocycles. The maximum absolute atomic E-state index is 4.64. The zero-order chi connectivity index (χ0) is 10.1. The van der Waals surface area contributed by atoms with Crippen molar-refractivity contribution in [1.29, 1.82) is 0 Å². The van der Waals surface area contributed by atoms with Gasteiger partial charge in [-0.3, -0.25) is 4.99 Å². The van der Waals surface area contributed by atoms with E-state index in [4.69, 9.17) is 0 Å². The summed E-state index contributed by atoms with van der Waals surface area (Å²) in [7, 11) is 0. The molecule has 2 aromatic rings. The van der Waals surface area contributed by atoms with Gasteiger partial charge in [-0.25, -0.2) is 0 Å². The fraction of sp³-hybridized carbons (Fsp3) is 0.154. The van der Waals surface area contributed by atoms with Crippen molar-refractivity contribution in [1.82, 2.24) is 0 Å². The Kier molecular flexibility index (Phi) is 2.14. The van der Waals surface area contributed by atoms with Gasteiger partial charge >= 0.3 is 0 Å². The zero-order valence-corrected chi connectivity index (χ0v) is 9.13. The molecule has 0 saturated heterocycles. The smallest absolute Gasteiger partial charge is 0.0730 e. The highest BCUT2D eigenvalue weighted by molar-refractivity contribution is 7.08. The largest absolute Gasteiger partial charge is 0.284 e. The summed E-state index contributed by atoms with van der Waals surface area (Å²) in [6.45, 7) is 0.919. The van der Waals surface area contributed by atoms with Gasteiger partial charge in [-0.05, 0) is 23.4 Å². The molecule has 3 rings (SSSR count). The second-order valence-corrected chi connectivity index (χ2v) is 4.43. The number of fused-ring (bicyclic) bond motifs is 1. The predicted molar refractivity (Wildman–Crippen MR) is 65.0 cm³/mol. The van der Waals surface area contributed by atoms with E-state index in [-0.39, 0.29) is 0 Å². The molecule has 15 heavy (non-hydrogen) atoms. The van der Waals surface area contributed by atoms with Gasteiger partial charge in [-0.1, -0.05) is 24.3 Å². The molecule has 74 valence electrons. The van der Waals surface area contributed by atoms with E-state index in [0.717, 1.165) is 18.7 Å². The third-order valence-corrected chi connectivity index (χ3v) is 3.40. The molecule has 0 fully saturated rings. The maximum Gasteiger partial charge on any atom is 0.0730 e. The Labute approximate surface area is 93.1 Å². The Morgan fingerprint density at radius 2 is 2.07 bits per heavy atom. The summed E-state index contributed by atoms with van der Waals surface area (Å²) < 4.78 is 0. The maximum atomic E-state index is 4.64. The van der Waals surface area contributed by atoms with Crippen molar-refractivity contribution in [3.05, 3.63) is 57.8 Å². The molecule has 0 spiro atoms. The lowest BCUT2D eigenvalue weighted by atomic mass is 9.95.